The first-order valence-electron chi connectivity index (χ1n) is 6.54. The predicted octanol–water partition coefficient (Wildman–Crippen LogP) is 2.99. The maximum atomic E-state index is 10.7. The van der Waals surface area contributed by atoms with E-state index in [0.717, 1.165) is 36.6 Å². The van der Waals surface area contributed by atoms with Crippen LogP contribution >= 0.6 is 11.3 Å². The summed E-state index contributed by atoms with van der Waals surface area (Å²) in [6, 6.07) is 8.16. The van der Waals surface area contributed by atoms with Crippen molar-refractivity contribution in [2.24, 2.45) is 5.92 Å². The highest BCUT2D eigenvalue weighted by molar-refractivity contribution is 7.22. The molecule has 100 valence electrons. The fourth-order valence-electron chi connectivity index (χ4n) is 2.57. The van der Waals surface area contributed by atoms with Gasteiger partial charge in [0, 0.05) is 19.5 Å². The van der Waals surface area contributed by atoms with E-state index in [1.807, 2.05) is 18.2 Å². The molecule has 0 bridgehead atoms. The number of aromatic nitrogens is 1. The minimum Gasteiger partial charge on any atom is -0.481 e. The Labute approximate surface area is 115 Å². The van der Waals surface area contributed by atoms with Crippen LogP contribution in [0.1, 0.15) is 19.3 Å². The van der Waals surface area contributed by atoms with Crippen LogP contribution in [-0.4, -0.2) is 29.1 Å². The first-order chi connectivity index (χ1) is 9.22. The lowest BCUT2D eigenvalue weighted by atomic mass is 9.94. The Hall–Kier alpha value is -1.62. The van der Waals surface area contributed by atoms with Crippen molar-refractivity contribution in [1.82, 2.24) is 4.98 Å². The molecule has 19 heavy (non-hydrogen) atoms. The molecule has 1 aliphatic rings. The minimum absolute atomic E-state index is 0.299. The van der Waals surface area contributed by atoms with Gasteiger partial charge in [0.05, 0.1) is 10.2 Å². The zero-order valence-corrected chi connectivity index (χ0v) is 11.4. The van der Waals surface area contributed by atoms with Crippen LogP contribution in [-0.2, 0) is 4.79 Å². The molecule has 0 unspecified atom stereocenters. The summed E-state index contributed by atoms with van der Waals surface area (Å²) in [6.45, 7) is 1.83. The molecule has 0 aliphatic carbocycles. The predicted molar refractivity (Wildman–Crippen MR) is 76.8 cm³/mol. The lowest BCUT2D eigenvalue weighted by Crippen LogP contribution is -2.34. The Kier molecular flexibility index (Phi) is 3.38. The normalized spacial score (nSPS) is 16.9. The van der Waals surface area contributed by atoms with Crippen molar-refractivity contribution >= 4 is 32.7 Å². The molecule has 1 aromatic heterocycles. The van der Waals surface area contributed by atoms with E-state index in [2.05, 4.69) is 16.0 Å². The van der Waals surface area contributed by atoms with Crippen molar-refractivity contribution in [3.8, 4) is 0 Å². The molecule has 0 radical (unpaired) electrons. The number of carbonyl (C=O) groups is 1. The van der Waals surface area contributed by atoms with Gasteiger partial charge in [0.2, 0.25) is 0 Å². The molecular weight excluding hydrogens is 260 g/mol. The Morgan fingerprint density at radius 3 is 2.79 bits per heavy atom. The number of piperidine rings is 1. The second kappa shape index (κ2) is 5.17. The summed E-state index contributed by atoms with van der Waals surface area (Å²) in [5, 5.41) is 9.88. The van der Waals surface area contributed by atoms with E-state index in [4.69, 9.17) is 5.11 Å². The zero-order valence-electron chi connectivity index (χ0n) is 10.6. The fourth-order valence-corrected chi connectivity index (χ4v) is 3.59. The number of anilines is 1. The first-order valence-corrected chi connectivity index (χ1v) is 7.36. The van der Waals surface area contributed by atoms with Gasteiger partial charge in [-0.25, -0.2) is 4.98 Å². The first kappa shape index (κ1) is 12.4. The Bertz CT molecular complexity index is 555. The summed E-state index contributed by atoms with van der Waals surface area (Å²) >= 11 is 1.72. The van der Waals surface area contributed by atoms with Crippen molar-refractivity contribution < 1.29 is 9.90 Å². The van der Waals surface area contributed by atoms with Gasteiger partial charge < -0.3 is 10.0 Å². The number of rotatable bonds is 3. The van der Waals surface area contributed by atoms with E-state index < -0.39 is 5.97 Å². The highest BCUT2D eigenvalue weighted by Crippen LogP contribution is 2.31. The van der Waals surface area contributed by atoms with Crippen LogP contribution in [0.25, 0.3) is 10.2 Å². The summed E-state index contributed by atoms with van der Waals surface area (Å²) in [6.07, 6.45) is 2.19. The third-order valence-corrected chi connectivity index (χ3v) is 4.73. The van der Waals surface area contributed by atoms with Gasteiger partial charge in [-0.1, -0.05) is 23.5 Å². The number of fused-ring (bicyclic) bond motifs is 1. The van der Waals surface area contributed by atoms with Gasteiger partial charge in [0.1, 0.15) is 0 Å². The number of carboxylic acids is 1. The van der Waals surface area contributed by atoms with Crippen LogP contribution in [0.4, 0.5) is 5.13 Å². The lowest BCUT2D eigenvalue weighted by molar-refractivity contribution is -0.138. The van der Waals surface area contributed by atoms with Gasteiger partial charge in [-0.15, -0.1) is 0 Å². The van der Waals surface area contributed by atoms with Gasteiger partial charge in [-0.2, -0.15) is 0 Å². The summed E-state index contributed by atoms with van der Waals surface area (Å²) < 4.78 is 1.21. The summed E-state index contributed by atoms with van der Waals surface area (Å²) in [5.74, 6) is -0.360. The van der Waals surface area contributed by atoms with Gasteiger partial charge in [0.25, 0.3) is 0 Å². The number of hydrogen-bond donors (Lipinski definition) is 1. The Morgan fingerprint density at radius 1 is 1.37 bits per heavy atom. The smallest absolute Gasteiger partial charge is 0.303 e. The topological polar surface area (TPSA) is 53.4 Å². The monoisotopic (exact) mass is 276 g/mol. The minimum atomic E-state index is -0.682. The molecule has 1 saturated heterocycles. The number of para-hydroxylation sites is 1. The number of carboxylic acid groups (broad SMARTS) is 1. The molecule has 5 heteroatoms. The van der Waals surface area contributed by atoms with E-state index in [1.165, 1.54) is 4.70 Å². The maximum absolute atomic E-state index is 10.7. The Morgan fingerprint density at radius 2 is 2.11 bits per heavy atom. The van der Waals surface area contributed by atoms with Crippen molar-refractivity contribution in [3.63, 3.8) is 0 Å². The SMILES string of the molecule is O=C(O)CC1CCN(c2nc3ccccc3s2)CC1. The van der Waals surface area contributed by atoms with Crippen LogP contribution in [0.15, 0.2) is 24.3 Å². The summed E-state index contributed by atoms with van der Waals surface area (Å²) in [5.41, 5.74) is 1.05. The molecule has 0 atom stereocenters. The third kappa shape index (κ3) is 2.71. The molecule has 0 amide bonds. The fraction of sp³-hybridized carbons (Fsp3) is 0.429. The molecule has 4 nitrogen and oxygen atoms in total. The highest BCUT2D eigenvalue weighted by atomic mass is 32.1. The standard InChI is InChI=1S/C14H16N2O2S/c17-13(18)9-10-5-7-16(8-6-10)14-15-11-3-1-2-4-12(11)19-14/h1-4,10H,5-9H2,(H,17,18). The quantitative estimate of drug-likeness (QED) is 0.936. The molecule has 0 spiro atoms. The molecule has 1 fully saturated rings. The Balaban J connectivity index is 1.69. The van der Waals surface area contributed by atoms with E-state index in [9.17, 15) is 4.79 Å². The summed E-state index contributed by atoms with van der Waals surface area (Å²) in [4.78, 5) is 17.6. The molecule has 2 aromatic rings. The zero-order chi connectivity index (χ0) is 13.2. The van der Waals surface area contributed by atoms with Crippen LogP contribution in [0, 0.1) is 5.92 Å². The van der Waals surface area contributed by atoms with E-state index >= 15 is 0 Å². The van der Waals surface area contributed by atoms with Crippen LogP contribution < -0.4 is 4.90 Å². The van der Waals surface area contributed by atoms with Gasteiger partial charge in [-0.3, -0.25) is 4.79 Å². The second-order valence-corrected chi connectivity index (χ2v) is 6.00. The van der Waals surface area contributed by atoms with Crippen molar-refractivity contribution in [2.75, 3.05) is 18.0 Å². The van der Waals surface area contributed by atoms with Crippen LogP contribution in [0.2, 0.25) is 0 Å². The molecule has 1 aliphatic heterocycles. The average Bonchev–Trinajstić information content (AvgIpc) is 2.82. The van der Waals surface area contributed by atoms with Crippen molar-refractivity contribution in [2.45, 2.75) is 19.3 Å². The highest BCUT2D eigenvalue weighted by Gasteiger charge is 2.23. The maximum Gasteiger partial charge on any atom is 0.303 e. The second-order valence-electron chi connectivity index (χ2n) is 4.99. The lowest BCUT2D eigenvalue weighted by Gasteiger charge is -2.30. The van der Waals surface area contributed by atoms with E-state index in [-0.39, 0.29) is 0 Å². The molecule has 1 aromatic carbocycles. The number of nitrogens with zero attached hydrogens (tertiary/aromatic N) is 2. The van der Waals surface area contributed by atoms with E-state index in [1.54, 1.807) is 11.3 Å². The van der Waals surface area contributed by atoms with Crippen LogP contribution in [0.5, 0.6) is 0 Å². The van der Waals surface area contributed by atoms with Crippen molar-refractivity contribution in [3.05, 3.63) is 24.3 Å². The van der Waals surface area contributed by atoms with Gasteiger partial charge in [-0.05, 0) is 30.9 Å². The molecule has 2 heterocycles. The number of thiazole rings is 1. The molecule has 1 N–H and O–H groups in total. The molecule has 3 rings (SSSR count). The molecule has 0 saturated carbocycles. The van der Waals surface area contributed by atoms with Crippen molar-refractivity contribution in [1.29, 1.82) is 0 Å². The van der Waals surface area contributed by atoms with Gasteiger partial charge in [0.15, 0.2) is 5.13 Å². The molecular formula is C14H16N2O2S. The van der Waals surface area contributed by atoms with Gasteiger partial charge >= 0.3 is 5.97 Å². The number of hydrogen-bond acceptors (Lipinski definition) is 4. The third-order valence-electron chi connectivity index (χ3n) is 3.63. The van der Waals surface area contributed by atoms with Crippen LogP contribution in [0.3, 0.4) is 0 Å². The largest absolute Gasteiger partial charge is 0.481 e. The summed E-state index contributed by atoms with van der Waals surface area (Å²) in [7, 11) is 0. The van der Waals surface area contributed by atoms with E-state index in [0.29, 0.717) is 12.3 Å². The number of aliphatic carboxylic acids is 1. The number of benzene rings is 1. The average molecular weight is 276 g/mol.